The number of benzene rings is 1. The van der Waals surface area contributed by atoms with Gasteiger partial charge in [-0.1, -0.05) is 19.4 Å². The minimum absolute atomic E-state index is 0.191. The van der Waals surface area contributed by atoms with E-state index in [0.717, 1.165) is 6.42 Å². The van der Waals surface area contributed by atoms with E-state index < -0.39 is 6.04 Å². The molecule has 0 fully saturated rings. The van der Waals surface area contributed by atoms with Crippen LogP contribution in [0.4, 0.5) is 5.69 Å². The summed E-state index contributed by atoms with van der Waals surface area (Å²) in [5, 5.41) is 5.23. The van der Waals surface area contributed by atoms with Gasteiger partial charge in [0.2, 0.25) is 5.91 Å². The van der Waals surface area contributed by atoms with Gasteiger partial charge in [0.05, 0.1) is 6.04 Å². The summed E-state index contributed by atoms with van der Waals surface area (Å²) in [5.41, 5.74) is 6.78. The lowest BCUT2D eigenvalue weighted by molar-refractivity contribution is -0.117. The highest BCUT2D eigenvalue weighted by atomic mass is 16.2. The molecule has 18 heavy (non-hydrogen) atoms. The Hall–Kier alpha value is -1.88. The zero-order valence-corrected chi connectivity index (χ0v) is 10.7. The minimum Gasteiger partial charge on any atom is -0.355 e. The molecule has 4 N–H and O–H groups in total. The molecule has 0 aromatic heterocycles. The molecule has 1 rings (SSSR count). The Morgan fingerprint density at radius 2 is 2.11 bits per heavy atom. The topological polar surface area (TPSA) is 84.2 Å². The molecule has 0 radical (unpaired) electrons. The molecule has 98 valence electrons. The number of nitrogens with one attached hydrogen (secondary N) is 2. The first-order valence-electron chi connectivity index (χ1n) is 5.97. The molecule has 1 aromatic carbocycles. The van der Waals surface area contributed by atoms with E-state index in [0.29, 0.717) is 17.7 Å². The predicted molar refractivity (Wildman–Crippen MR) is 71.3 cm³/mol. The van der Waals surface area contributed by atoms with E-state index >= 15 is 0 Å². The summed E-state index contributed by atoms with van der Waals surface area (Å²) in [4.78, 5) is 23.2. The van der Waals surface area contributed by atoms with Crippen LogP contribution in [0.5, 0.6) is 0 Å². The normalized spacial score (nSPS) is 11.7. The third kappa shape index (κ3) is 3.85. The van der Waals surface area contributed by atoms with E-state index in [4.69, 9.17) is 5.73 Å². The summed E-state index contributed by atoms with van der Waals surface area (Å²) in [6, 6.07) is 6.23. The van der Waals surface area contributed by atoms with Crippen molar-refractivity contribution in [1.82, 2.24) is 5.32 Å². The first-order valence-corrected chi connectivity index (χ1v) is 5.97. The van der Waals surface area contributed by atoms with Crippen LogP contribution in [0.25, 0.3) is 0 Å². The number of carbonyl (C=O) groups excluding carboxylic acids is 2. The summed E-state index contributed by atoms with van der Waals surface area (Å²) in [5.74, 6) is -0.421. The lowest BCUT2D eigenvalue weighted by atomic mass is 10.1. The van der Waals surface area contributed by atoms with Crippen LogP contribution < -0.4 is 16.4 Å². The first kappa shape index (κ1) is 14.2. The third-order valence-corrected chi connectivity index (χ3v) is 2.56. The van der Waals surface area contributed by atoms with Gasteiger partial charge in [-0.05, 0) is 24.6 Å². The lowest BCUT2D eigenvalue weighted by Crippen LogP contribution is -2.35. The van der Waals surface area contributed by atoms with Crippen molar-refractivity contribution in [3.8, 4) is 0 Å². The van der Waals surface area contributed by atoms with Gasteiger partial charge < -0.3 is 16.4 Å². The number of nitrogens with two attached hydrogens (primary N) is 1. The first-order chi connectivity index (χ1) is 8.58. The van der Waals surface area contributed by atoms with Crippen LogP contribution in [0.1, 0.15) is 30.1 Å². The van der Waals surface area contributed by atoms with Crippen molar-refractivity contribution >= 4 is 17.5 Å². The maximum absolute atomic E-state index is 11.7. The average Bonchev–Trinajstić information content (AvgIpc) is 2.38. The lowest BCUT2D eigenvalue weighted by Gasteiger charge is -2.11. The molecule has 5 nitrogen and oxygen atoms in total. The van der Waals surface area contributed by atoms with Crippen LogP contribution in [0.15, 0.2) is 24.3 Å². The van der Waals surface area contributed by atoms with Gasteiger partial charge in [-0.2, -0.15) is 0 Å². The van der Waals surface area contributed by atoms with Gasteiger partial charge in [-0.15, -0.1) is 0 Å². The van der Waals surface area contributed by atoms with Crippen molar-refractivity contribution in [2.24, 2.45) is 5.73 Å². The fraction of sp³-hybridized carbons (Fsp3) is 0.385. The van der Waals surface area contributed by atoms with E-state index in [1.54, 1.807) is 31.3 Å². The molecule has 0 aliphatic heterocycles. The highest BCUT2D eigenvalue weighted by Crippen LogP contribution is 2.11. The van der Waals surface area contributed by atoms with Gasteiger partial charge in [0, 0.05) is 18.3 Å². The van der Waals surface area contributed by atoms with Gasteiger partial charge >= 0.3 is 0 Å². The SMILES string of the molecule is CCCC(N)C(=O)Nc1cccc(C(=O)NC)c1. The largest absolute Gasteiger partial charge is 0.355 e. The van der Waals surface area contributed by atoms with Crippen molar-refractivity contribution in [1.29, 1.82) is 0 Å². The number of amides is 2. The van der Waals surface area contributed by atoms with Crippen LogP contribution >= 0.6 is 0 Å². The van der Waals surface area contributed by atoms with Crippen molar-refractivity contribution in [3.63, 3.8) is 0 Å². The Kier molecular flexibility index (Phi) is 5.32. The van der Waals surface area contributed by atoms with E-state index in [9.17, 15) is 9.59 Å². The summed E-state index contributed by atoms with van der Waals surface area (Å²) in [7, 11) is 1.56. The molecule has 0 spiro atoms. The molecular weight excluding hydrogens is 230 g/mol. The molecule has 1 atom stereocenters. The van der Waals surface area contributed by atoms with Crippen LogP contribution in [0, 0.1) is 0 Å². The molecular formula is C13H19N3O2. The second-order valence-electron chi connectivity index (χ2n) is 4.04. The summed E-state index contributed by atoms with van der Waals surface area (Å²) in [6.45, 7) is 1.97. The molecule has 0 heterocycles. The fourth-order valence-corrected chi connectivity index (χ4v) is 1.56. The highest BCUT2D eigenvalue weighted by molar-refractivity contribution is 5.98. The molecule has 1 aromatic rings. The quantitative estimate of drug-likeness (QED) is 0.731. The molecule has 0 aliphatic carbocycles. The van der Waals surface area contributed by atoms with E-state index in [2.05, 4.69) is 10.6 Å². The van der Waals surface area contributed by atoms with E-state index in [-0.39, 0.29) is 11.8 Å². The molecule has 1 unspecified atom stereocenters. The highest BCUT2D eigenvalue weighted by Gasteiger charge is 2.12. The molecule has 2 amide bonds. The smallest absolute Gasteiger partial charge is 0.251 e. The Morgan fingerprint density at radius 1 is 1.39 bits per heavy atom. The second-order valence-corrected chi connectivity index (χ2v) is 4.04. The van der Waals surface area contributed by atoms with Crippen molar-refractivity contribution in [3.05, 3.63) is 29.8 Å². The third-order valence-electron chi connectivity index (χ3n) is 2.56. The van der Waals surface area contributed by atoms with Crippen molar-refractivity contribution in [2.45, 2.75) is 25.8 Å². The predicted octanol–water partition coefficient (Wildman–Crippen LogP) is 1.11. The minimum atomic E-state index is -0.515. The van der Waals surface area contributed by atoms with Gasteiger partial charge in [0.1, 0.15) is 0 Å². The average molecular weight is 249 g/mol. The Morgan fingerprint density at radius 3 is 2.72 bits per heavy atom. The van der Waals surface area contributed by atoms with Gasteiger partial charge in [0.15, 0.2) is 0 Å². The second kappa shape index (κ2) is 6.76. The number of carbonyl (C=O) groups is 2. The van der Waals surface area contributed by atoms with Gasteiger partial charge in [0.25, 0.3) is 5.91 Å². The number of hydrogen-bond acceptors (Lipinski definition) is 3. The Labute approximate surface area is 107 Å². The van der Waals surface area contributed by atoms with Crippen LogP contribution in [0.3, 0.4) is 0 Å². The molecule has 0 saturated heterocycles. The van der Waals surface area contributed by atoms with Crippen LogP contribution in [-0.4, -0.2) is 24.9 Å². The molecule has 0 bridgehead atoms. The molecule has 5 heteroatoms. The standard InChI is InChI=1S/C13H19N3O2/c1-3-5-11(14)13(18)16-10-7-4-6-9(8-10)12(17)15-2/h4,6-8,11H,3,5,14H2,1-2H3,(H,15,17)(H,16,18). The maximum Gasteiger partial charge on any atom is 0.251 e. The number of hydrogen-bond donors (Lipinski definition) is 3. The summed E-state index contributed by atoms with van der Waals surface area (Å²) in [6.07, 6.45) is 1.49. The summed E-state index contributed by atoms with van der Waals surface area (Å²) >= 11 is 0. The van der Waals surface area contributed by atoms with E-state index in [1.807, 2.05) is 6.92 Å². The summed E-state index contributed by atoms with van der Waals surface area (Å²) < 4.78 is 0. The van der Waals surface area contributed by atoms with Gasteiger partial charge in [-0.25, -0.2) is 0 Å². The fourth-order valence-electron chi connectivity index (χ4n) is 1.56. The monoisotopic (exact) mass is 249 g/mol. The number of rotatable bonds is 5. The van der Waals surface area contributed by atoms with E-state index in [1.165, 1.54) is 0 Å². The van der Waals surface area contributed by atoms with Crippen molar-refractivity contribution in [2.75, 3.05) is 12.4 Å². The molecule has 0 saturated carbocycles. The Bertz CT molecular complexity index is 432. The van der Waals surface area contributed by atoms with Crippen LogP contribution in [0.2, 0.25) is 0 Å². The zero-order valence-electron chi connectivity index (χ0n) is 10.7. The zero-order chi connectivity index (χ0) is 13.5. The Balaban J connectivity index is 2.73. The van der Waals surface area contributed by atoms with Crippen molar-refractivity contribution < 1.29 is 9.59 Å². The van der Waals surface area contributed by atoms with Crippen LogP contribution in [-0.2, 0) is 4.79 Å². The molecule has 0 aliphatic rings. The maximum atomic E-state index is 11.7. The van der Waals surface area contributed by atoms with Gasteiger partial charge in [-0.3, -0.25) is 9.59 Å². The number of anilines is 1.